The first kappa shape index (κ1) is 18.5. The minimum absolute atomic E-state index is 0.309. The average Bonchev–Trinajstić information content (AvgIpc) is 2.71. The molecule has 0 aromatic heterocycles. The SMILES string of the molecule is COc1ccc(C(C)=NNC(=O)C(C)Oc2ccc3ccccc3c2)cc1. The maximum atomic E-state index is 12.3. The lowest BCUT2D eigenvalue weighted by Gasteiger charge is -2.14. The summed E-state index contributed by atoms with van der Waals surface area (Å²) in [6.45, 7) is 3.53. The molecule has 0 spiro atoms. The van der Waals surface area contributed by atoms with Gasteiger partial charge in [0.05, 0.1) is 12.8 Å². The molecule has 3 rings (SSSR count). The van der Waals surface area contributed by atoms with Gasteiger partial charge < -0.3 is 9.47 Å². The normalized spacial score (nSPS) is 12.5. The number of carbonyl (C=O) groups excluding carboxylic acids is 1. The molecule has 138 valence electrons. The summed E-state index contributed by atoms with van der Waals surface area (Å²) >= 11 is 0. The predicted molar refractivity (Wildman–Crippen MR) is 107 cm³/mol. The molecular formula is C22H22N2O3. The molecule has 0 aliphatic carbocycles. The molecule has 3 aromatic rings. The van der Waals surface area contributed by atoms with Gasteiger partial charge in [0.15, 0.2) is 6.10 Å². The van der Waals surface area contributed by atoms with E-state index in [1.165, 1.54) is 0 Å². The van der Waals surface area contributed by atoms with Crippen LogP contribution in [0.25, 0.3) is 10.8 Å². The molecule has 0 heterocycles. The van der Waals surface area contributed by atoms with Crippen molar-refractivity contribution in [1.82, 2.24) is 5.43 Å². The average molecular weight is 362 g/mol. The van der Waals surface area contributed by atoms with Gasteiger partial charge in [-0.3, -0.25) is 4.79 Å². The van der Waals surface area contributed by atoms with E-state index in [1.54, 1.807) is 14.0 Å². The molecule has 3 aromatic carbocycles. The van der Waals surface area contributed by atoms with E-state index in [4.69, 9.17) is 9.47 Å². The lowest BCUT2D eigenvalue weighted by atomic mass is 10.1. The first-order valence-electron chi connectivity index (χ1n) is 8.71. The fourth-order valence-electron chi connectivity index (χ4n) is 2.62. The van der Waals surface area contributed by atoms with Crippen LogP contribution in [0.5, 0.6) is 11.5 Å². The van der Waals surface area contributed by atoms with Crippen molar-refractivity contribution in [3.8, 4) is 11.5 Å². The maximum Gasteiger partial charge on any atom is 0.280 e. The molecule has 0 bridgehead atoms. The number of ether oxygens (including phenoxy) is 2. The van der Waals surface area contributed by atoms with Crippen molar-refractivity contribution in [1.29, 1.82) is 0 Å². The Morgan fingerprint density at radius 2 is 1.63 bits per heavy atom. The van der Waals surface area contributed by atoms with E-state index < -0.39 is 6.10 Å². The molecule has 27 heavy (non-hydrogen) atoms. The predicted octanol–water partition coefficient (Wildman–Crippen LogP) is 4.16. The number of carbonyl (C=O) groups is 1. The van der Waals surface area contributed by atoms with Gasteiger partial charge >= 0.3 is 0 Å². The summed E-state index contributed by atoms with van der Waals surface area (Å²) in [5.41, 5.74) is 4.16. The Morgan fingerprint density at radius 3 is 2.33 bits per heavy atom. The molecule has 0 aliphatic rings. The van der Waals surface area contributed by atoms with E-state index in [0.29, 0.717) is 11.5 Å². The van der Waals surface area contributed by atoms with Crippen LogP contribution in [0.15, 0.2) is 71.8 Å². The highest BCUT2D eigenvalue weighted by Crippen LogP contribution is 2.21. The van der Waals surface area contributed by atoms with Crippen molar-refractivity contribution in [3.05, 3.63) is 72.3 Å². The zero-order chi connectivity index (χ0) is 19.2. The van der Waals surface area contributed by atoms with Crippen LogP contribution in [-0.2, 0) is 4.79 Å². The lowest BCUT2D eigenvalue weighted by Crippen LogP contribution is -2.33. The van der Waals surface area contributed by atoms with Crippen molar-refractivity contribution < 1.29 is 14.3 Å². The number of hydrogen-bond acceptors (Lipinski definition) is 4. The molecule has 0 fully saturated rings. The largest absolute Gasteiger partial charge is 0.497 e. The highest BCUT2D eigenvalue weighted by molar-refractivity contribution is 5.99. The second-order valence-electron chi connectivity index (χ2n) is 6.17. The molecule has 5 nitrogen and oxygen atoms in total. The maximum absolute atomic E-state index is 12.3. The lowest BCUT2D eigenvalue weighted by molar-refractivity contribution is -0.127. The summed E-state index contributed by atoms with van der Waals surface area (Å²) in [7, 11) is 1.62. The molecule has 1 amide bonds. The van der Waals surface area contributed by atoms with Crippen molar-refractivity contribution in [2.45, 2.75) is 20.0 Å². The summed E-state index contributed by atoms with van der Waals surface area (Å²) in [6.07, 6.45) is -0.668. The molecular weight excluding hydrogens is 340 g/mol. The summed E-state index contributed by atoms with van der Waals surface area (Å²) in [4.78, 5) is 12.3. The number of methoxy groups -OCH3 is 1. The zero-order valence-electron chi connectivity index (χ0n) is 15.6. The molecule has 0 saturated heterocycles. The van der Waals surface area contributed by atoms with Crippen LogP contribution in [-0.4, -0.2) is 24.8 Å². The van der Waals surface area contributed by atoms with Gasteiger partial charge in [0.2, 0.25) is 0 Å². The Kier molecular flexibility index (Phi) is 5.71. The Hall–Kier alpha value is -3.34. The molecule has 0 radical (unpaired) electrons. The number of nitrogens with one attached hydrogen (secondary N) is 1. The van der Waals surface area contributed by atoms with E-state index in [1.807, 2.05) is 73.7 Å². The fraction of sp³-hybridized carbons (Fsp3) is 0.182. The van der Waals surface area contributed by atoms with Crippen molar-refractivity contribution in [2.75, 3.05) is 7.11 Å². The number of amides is 1. The summed E-state index contributed by atoms with van der Waals surface area (Å²) < 4.78 is 10.9. The summed E-state index contributed by atoms with van der Waals surface area (Å²) in [5, 5.41) is 6.35. The highest BCUT2D eigenvalue weighted by Gasteiger charge is 2.14. The Labute approximate surface area is 158 Å². The van der Waals surface area contributed by atoms with Crippen molar-refractivity contribution >= 4 is 22.4 Å². The van der Waals surface area contributed by atoms with Crippen LogP contribution < -0.4 is 14.9 Å². The van der Waals surface area contributed by atoms with Gasteiger partial charge in [0.25, 0.3) is 5.91 Å². The number of rotatable bonds is 6. The zero-order valence-corrected chi connectivity index (χ0v) is 15.6. The van der Waals surface area contributed by atoms with Gasteiger partial charge in [-0.2, -0.15) is 5.10 Å². The Balaban J connectivity index is 1.62. The number of benzene rings is 3. The second kappa shape index (κ2) is 8.36. The highest BCUT2D eigenvalue weighted by atomic mass is 16.5. The molecule has 0 saturated carbocycles. The topological polar surface area (TPSA) is 59.9 Å². The number of nitrogens with zero attached hydrogens (tertiary/aromatic N) is 1. The minimum Gasteiger partial charge on any atom is -0.497 e. The van der Waals surface area contributed by atoms with E-state index in [2.05, 4.69) is 10.5 Å². The monoisotopic (exact) mass is 362 g/mol. The minimum atomic E-state index is -0.668. The standard InChI is InChI=1S/C22H22N2O3/c1-15(17-8-11-20(26-3)12-9-17)23-24-22(25)16(2)27-21-13-10-18-6-4-5-7-19(18)14-21/h4-14,16H,1-3H3,(H,24,25). The van der Waals surface area contributed by atoms with Gasteiger partial charge in [0, 0.05) is 0 Å². The van der Waals surface area contributed by atoms with Gasteiger partial charge in [-0.15, -0.1) is 0 Å². The van der Waals surface area contributed by atoms with E-state index >= 15 is 0 Å². The van der Waals surface area contributed by atoms with E-state index in [-0.39, 0.29) is 5.91 Å². The third-order valence-electron chi connectivity index (χ3n) is 4.24. The van der Waals surface area contributed by atoms with E-state index in [9.17, 15) is 4.79 Å². The van der Waals surface area contributed by atoms with Gasteiger partial charge in [-0.05, 0) is 66.6 Å². The van der Waals surface area contributed by atoms with Crippen LogP contribution in [0.1, 0.15) is 19.4 Å². The third-order valence-corrected chi connectivity index (χ3v) is 4.24. The van der Waals surface area contributed by atoms with Crippen LogP contribution >= 0.6 is 0 Å². The van der Waals surface area contributed by atoms with Gasteiger partial charge in [-0.1, -0.05) is 30.3 Å². The van der Waals surface area contributed by atoms with Crippen LogP contribution in [0.2, 0.25) is 0 Å². The number of fused-ring (bicyclic) bond motifs is 1. The number of hydrazone groups is 1. The third kappa shape index (κ3) is 4.64. The number of hydrogen-bond donors (Lipinski definition) is 1. The van der Waals surface area contributed by atoms with Gasteiger partial charge in [-0.25, -0.2) is 5.43 Å². The Morgan fingerprint density at radius 1 is 0.963 bits per heavy atom. The molecule has 1 N–H and O–H groups in total. The van der Waals surface area contributed by atoms with Crippen LogP contribution in [0.3, 0.4) is 0 Å². The molecule has 0 aliphatic heterocycles. The first-order chi connectivity index (χ1) is 13.1. The quantitative estimate of drug-likeness (QED) is 0.529. The van der Waals surface area contributed by atoms with Crippen molar-refractivity contribution in [2.24, 2.45) is 5.10 Å². The molecule has 1 unspecified atom stereocenters. The summed E-state index contributed by atoms with van der Waals surface area (Å²) in [5.74, 6) is 1.11. The first-order valence-corrected chi connectivity index (χ1v) is 8.71. The van der Waals surface area contributed by atoms with E-state index in [0.717, 1.165) is 22.1 Å². The summed E-state index contributed by atoms with van der Waals surface area (Å²) in [6, 6.07) is 21.2. The molecule has 5 heteroatoms. The smallest absolute Gasteiger partial charge is 0.280 e. The van der Waals surface area contributed by atoms with Crippen molar-refractivity contribution in [3.63, 3.8) is 0 Å². The van der Waals surface area contributed by atoms with Crippen LogP contribution in [0.4, 0.5) is 0 Å². The van der Waals surface area contributed by atoms with Crippen LogP contribution in [0, 0.1) is 0 Å². The second-order valence-corrected chi connectivity index (χ2v) is 6.17. The Bertz CT molecular complexity index is 965. The molecule has 1 atom stereocenters. The van der Waals surface area contributed by atoms with Gasteiger partial charge in [0.1, 0.15) is 11.5 Å². The fourth-order valence-corrected chi connectivity index (χ4v) is 2.62.